The monoisotopic (exact) mass is 415 g/mol. The normalized spacial score (nSPS) is 21.2. The second-order valence-corrected chi connectivity index (χ2v) is 7.28. The van der Waals surface area contributed by atoms with E-state index in [4.69, 9.17) is 9.84 Å². The molecule has 1 aromatic rings. The Kier molecular flexibility index (Phi) is 6.78. The van der Waals surface area contributed by atoms with Gasteiger partial charge < -0.3 is 15.4 Å². The molecule has 0 spiro atoms. The highest BCUT2D eigenvalue weighted by molar-refractivity contribution is 5.85. The number of ether oxygens (including phenoxy) is 1. The van der Waals surface area contributed by atoms with Crippen LogP contribution in [0.1, 0.15) is 25.8 Å². The van der Waals surface area contributed by atoms with Gasteiger partial charge in [0.25, 0.3) is 0 Å². The van der Waals surface area contributed by atoms with Gasteiger partial charge in [-0.15, -0.1) is 0 Å². The molecule has 162 valence electrons. The molecule has 3 rings (SSSR count). The molecule has 1 unspecified atom stereocenters. The highest BCUT2D eigenvalue weighted by Gasteiger charge is 2.35. The van der Waals surface area contributed by atoms with Gasteiger partial charge in [-0.2, -0.15) is 23.3 Å². The zero-order chi connectivity index (χ0) is 21.0. The van der Waals surface area contributed by atoms with Crippen molar-refractivity contribution in [3.63, 3.8) is 0 Å². The van der Waals surface area contributed by atoms with E-state index in [0.717, 1.165) is 51.2 Å². The standard InChI is InChI=1S/C18H28F3N7O/c1-4-28(13-5-6-27(9-13)14-10-29-11-14)26-12(2)7-23-17-24-8-15(18(19,20)21)16(22-3)25-17/h8,13-14H,4-7,9-11H2,1-3H3,(H2,22,23,24,25)/b26-12-. The quantitative estimate of drug-likeness (QED) is 0.497. The van der Waals surface area contributed by atoms with Gasteiger partial charge in [0.05, 0.1) is 37.6 Å². The summed E-state index contributed by atoms with van der Waals surface area (Å²) in [7, 11) is 1.40. The van der Waals surface area contributed by atoms with Crippen LogP contribution in [0.3, 0.4) is 0 Å². The summed E-state index contributed by atoms with van der Waals surface area (Å²) in [6.07, 6.45) is -2.66. The number of hydrogen-bond acceptors (Lipinski definition) is 8. The van der Waals surface area contributed by atoms with Crippen LogP contribution in [0.25, 0.3) is 0 Å². The number of likely N-dealkylation sites (tertiary alicyclic amines) is 1. The molecule has 0 saturated carbocycles. The molecule has 0 radical (unpaired) electrons. The lowest BCUT2D eigenvalue weighted by Gasteiger charge is -2.35. The summed E-state index contributed by atoms with van der Waals surface area (Å²) in [6, 6.07) is 0.886. The third kappa shape index (κ3) is 5.27. The Bertz CT molecular complexity index is 724. The van der Waals surface area contributed by atoms with Gasteiger partial charge in [0.15, 0.2) is 0 Å². The van der Waals surface area contributed by atoms with Gasteiger partial charge in [-0.05, 0) is 20.3 Å². The Labute approximate surface area is 168 Å². The van der Waals surface area contributed by atoms with E-state index in [1.54, 1.807) is 0 Å². The van der Waals surface area contributed by atoms with Crippen LogP contribution in [0.15, 0.2) is 11.3 Å². The summed E-state index contributed by atoms with van der Waals surface area (Å²) in [6.45, 7) is 8.73. The Hall–Kier alpha value is -2.14. The molecule has 1 aromatic heterocycles. The number of rotatable bonds is 8. The maximum Gasteiger partial charge on any atom is 0.421 e. The minimum Gasteiger partial charge on any atom is -0.378 e. The summed E-state index contributed by atoms with van der Waals surface area (Å²) in [4.78, 5) is 10.1. The van der Waals surface area contributed by atoms with Gasteiger partial charge in [-0.3, -0.25) is 9.91 Å². The molecule has 11 heteroatoms. The van der Waals surface area contributed by atoms with Crippen molar-refractivity contribution in [3.8, 4) is 0 Å². The van der Waals surface area contributed by atoms with Crippen molar-refractivity contribution in [1.82, 2.24) is 19.9 Å². The summed E-state index contributed by atoms with van der Waals surface area (Å²) in [5, 5.41) is 12.2. The Balaban J connectivity index is 1.57. The number of hydrogen-bond donors (Lipinski definition) is 2. The van der Waals surface area contributed by atoms with Crippen LogP contribution in [0, 0.1) is 0 Å². The molecular formula is C18H28F3N7O. The van der Waals surface area contributed by atoms with E-state index in [1.807, 2.05) is 6.92 Å². The average Bonchev–Trinajstić information content (AvgIpc) is 3.11. The molecule has 0 amide bonds. The van der Waals surface area contributed by atoms with E-state index in [2.05, 4.69) is 37.4 Å². The first-order valence-corrected chi connectivity index (χ1v) is 9.80. The van der Waals surface area contributed by atoms with Crippen molar-refractivity contribution in [1.29, 1.82) is 0 Å². The first kappa shape index (κ1) is 21.6. The third-order valence-corrected chi connectivity index (χ3v) is 5.21. The lowest BCUT2D eigenvalue weighted by molar-refractivity contribution is -0.137. The molecule has 2 aliphatic heterocycles. The second kappa shape index (κ2) is 9.12. The van der Waals surface area contributed by atoms with Crippen molar-refractivity contribution in [2.75, 3.05) is 57.1 Å². The molecule has 2 N–H and O–H groups in total. The number of aromatic nitrogens is 2. The number of alkyl halides is 3. The molecule has 29 heavy (non-hydrogen) atoms. The first-order chi connectivity index (χ1) is 13.8. The number of hydrazone groups is 1. The smallest absolute Gasteiger partial charge is 0.378 e. The van der Waals surface area contributed by atoms with Crippen LogP contribution >= 0.6 is 0 Å². The predicted molar refractivity (Wildman–Crippen MR) is 105 cm³/mol. The minimum absolute atomic E-state index is 0.122. The predicted octanol–water partition coefficient (Wildman–Crippen LogP) is 2.12. The molecule has 8 nitrogen and oxygen atoms in total. The fourth-order valence-electron chi connectivity index (χ4n) is 3.51. The van der Waals surface area contributed by atoms with E-state index >= 15 is 0 Å². The summed E-state index contributed by atoms with van der Waals surface area (Å²) >= 11 is 0. The molecule has 2 aliphatic rings. The zero-order valence-electron chi connectivity index (χ0n) is 17.0. The molecule has 1 atom stereocenters. The van der Waals surface area contributed by atoms with Crippen molar-refractivity contribution in [2.45, 2.75) is 38.5 Å². The Morgan fingerprint density at radius 1 is 1.41 bits per heavy atom. The van der Waals surface area contributed by atoms with Gasteiger partial charge in [0.2, 0.25) is 5.95 Å². The van der Waals surface area contributed by atoms with Crippen LogP contribution < -0.4 is 10.6 Å². The van der Waals surface area contributed by atoms with Gasteiger partial charge in [-0.25, -0.2) is 4.98 Å². The van der Waals surface area contributed by atoms with Crippen molar-refractivity contribution in [2.24, 2.45) is 5.10 Å². The minimum atomic E-state index is -4.50. The van der Waals surface area contributed by atoms with Crippen molar-refractivity contribution < 1.29 is 17.9 Å². The van der Waals surface area contributed by atoms with E-state index in [9.17, 15) is 13.2 Å². The molecular weight excluding hydrogens is 387 g/mol. The van der Waals surface area contributed by atoms with E-state index in [-0.39, 0.29) is 11.8 Å². The maximum absolute atomic E-state index is 12.9. The summed E-state index contributed by atoms with van der Waals surface area (Å²) < 4.78 is 44.1. The average molecular weight is 415 g/mol. The topological polar surface area (TPSA) is 77.9 Å². The number of nitrogens with one attached hydrogen (secondary N) is 2. The number of likely N-dealkylation sites (N-methyl/N-ethyl adjacent to an activating group) is 1. The van der Waals surface area contributed by atoms with Crippen molar-refractivity contribution in [3.05, 3.63) is 11.8 Å². The summed E-state index contributed by atoms with van der Waals surface area (Å²) in [5.41, 5.74) is -0.0810. The molecule has 0 bridgehead atoms. The number of nitrogens with zero attached hydrogens (tertiary/aromatic N) is 5. The lowest BCUT2D eigenvalue weighted by atomic mass is 10.2. The van der Waals surface area contributed by atoms with Gasteiger partial charge in [0.1, 0.15) is 11.4 Å². The maximum atomic E-state index is 12.9. The highest BCUT2D eigenvalue weighted by atomic mass is 19.4. The van der Waals surface area contributed by atoms with Gasteiger partial charge in [-0.1, -0.05) is 0 Å². The van der Waals surface area contributed by atoms with E-state index in [1.165, 1.54) is 7.05 Å². The molecule has 0 aromatic carbocycles. The highest BCUT2D eigenvalue weighted by Crippen LogP contribution is 2.33. The molecule has 2 fully saturated rings. The van der Waals surface area contributed by atoms with Crippen LogP contribution in [0.5, 0.6) is 0 Å². The third-order valence-electron chi connectivity index (χ3n) is 5.21. The molecule has 3 heterocycles. The zero-order valence-corrected chi connectivity index (χ0v) is 17.0. The summed E-state index contributed by atoms with van der Waals surface area (Å²) in [5.74, 6) is -0.136. The van der Waals surface area contributed by atoms with Crippen LogP contribution in [0.4, 0.5) is 24.9 Å². The second-order valence-electron chi connectivity index (χ2n) is 7.28. The van der Waals surface area contributed by atoms with E-state index < -0.39 is 11.7 Å². The fraction of sp³-hybridized carbons (Fsp3) is 0.722. The fourth-order valence-corrected chi connectivity index (χ4v) is 3.51. The van der Waals surface area contributed by atoms with Crippen LogP contribution in [-0.4, -0.2) is 84.1 Å². The van der Waals surface area contributed by atoms with Crippen LogP contribution in [-0.2, 0) is 10.9 Å². The lowest BCUT2D eigenvalue weighted by Crippen LogP contribution is -2.49. The first-order valence-electron chi connectivity index (χ1n) is 9.80. The molecule has 2 saturated heterocycles. The van der Waals surface area contributed by atoms with Gasteiger partial charge in [0, 0.05) is 32.9 Å². The SMILES string of the molecule is CCN(/N=C(/C)CNc1ncc(C(F)(F)F)c(NC)n1)C1CCN(C2COC2)C1. The van der Waals surface area contributed by atoms with Crippen LogP contribution in [0.2, 0.25) is 0 Å². The number of halogens is 3. The number of anilines is 2. The Morgan fingerprint density at radius 2 is 2.17 bits per heavy atom. The van der Waals surface area contributed by atoms with Crippen molar-refractivity contribution >= 4 is 17.5 Å². The van der Waals surface area contributed by atoms with E-state index in [0.29, 0.717) is 18.6 Å². The van der Waals surface area contributed by atoms with Gasteiger partial charge >= 0.3 is 6.18 Å². The molecule has 0 aliphatic carbocycles. The largest absolute Gasteiger partial charge is 0.421 e. The Morgan fingerprint density at radius 3 is 2.76 bits per heavy atom.